The molecule has 0 radical (unpaired) electrons. The first kappa shape index (κ1) is 14.5. The van der Waals surface area contributed by atoms with Crippen molar-refractivity contribution in [3.63, 3.8) is 0 Å². The van der Waals surface area contributed by atoms with Gasteiger partial charge in [-0.05, 0) is 32.9 Å². The van der Waals surface area contributed by atoms with E-state index in [4.69, 9.17) is 23.2 Å². The minimum Gasteiger partial charge on any atom is -0.507 e. The fraction of sp³-hybridized carbons (Fsp3) is 0.364. The van der Waals surface area contributed by atoms with Crippen LogP contribution in [0.4, 0.5) is 0 Å². The average molecular weight is 294 g/mol. The lowest BCUT2D eigenvalue weighted by Crippen LogP contribution is -2.19. The zero-order valence-electron chi connectivity index (χ0n) is 9.70. The number of aromatic hydroxyl groups is 1. The lowest BCUT2D eigenvalue weighted by molar-refractivity contribution is 0.474. The molecule has 0 bridgehead atoms. The van der Waals surface area contributed by atoms with Gasteiger partial charge in [0.05, 0.1) is 26.6 Å². The zero-order chi connectivity index (χ0) is 13.2. The second-order valence-corrected chi connectivity index (χ2v) is 7.11. The molecule has 0 spiro atoms. The van der Waals surface area contributed by atoms with Crippen LogP contribution in [0.1, 0.15) is 26.3 Å². The molecule has 1 aromatic carbocycles. The summed E-state index contributed by atoms with van der Waals surface area (Å²) in [6.07, 6.45) is 1.28. The predicted molar refractivity (Wildman–Crippen MR) is 73.6 cm³/mol. The van der Waals surface area contributed by atoms with Crippen LogP contribution in [0, 0.1) is 0 Å². The summed E-state index contributed by atoms with van der Waals surface area (Å²) in [5.74, 6) is -0.0472. The molecule has 1 N–H and O–H groups in total. The highest BCUT2D eigenvalue weighted by Crippen LogP contribution is 2.31. The number of halogens is 2. The molecule has 0 aliphatic rings. The fourth-order valence-corrected chi connectivity index (χ4v) is 1.83. The number of hydrogen-bond acceptors (Lipinski definition) is 2. The van der Waals surface area contributed by atoms with Crippen LogP contribution in [-0.4, -0.2) is 20.3 Å². The normalized spacial score (nSPS) is 14.2. The Hall–Kier alpha value is -0.580. The molecule has 0 fully saturated rings. The van der Waals surface area contributed by atoms with Gasteiger partial charge in [-0.1, -0.05) is 23.2 Å². The first-order valence-corrected chi connectivity index (χ1v) is 6.73. The Morgan fingerprint density at radius 2 is 1.94 bits per heavy atom. The van der Waals surface area contributed by atoms with Gasteiger partial charge in [-0.15, -0.1) is 0 Å². The molecule has 0 saturated heterocycles. The van der Waals surface area contributed by atoms with Gasteiger partial charge in [0.25, 0.3) is 0 Å². The van der Waals surface area contributed by atoms with Crippen molar-refractivity contribution in [2.45, 2.75) is 25.5 Å². The van der Waals surface area contributed by atoms with E-state index in [9.17, 15) is 9.32 Å². The highest BCUT2D eigenvalue weighted by Gasteiger charge is 2.18. The van der Waals surface area contributed by atoms with Crippen LogP contribution >= 0.6 is 23.2 Å². The third-order valence-corrected chi connectivity index (χ3v) is 4.07. The van der Waals surface area contributed by atoms with E-state index in [-0.39, 0.29) is 16.3 Å². The van der Waals surface area contributed by atoms with E-state index >= 15 is 0 Å². The fourth-order valence-electron chi connectivity index (χ4n) is 0.938. The second-order valence-electron chi connectivity index (χ2n) is 4.39. The second kappa shape index (κ2) is 5.38. The number of rotatable bonds is 2. The Kier molecular flexibility index (Phi) is 4.58. The summed E-state index contributed by atoms with van der Waals surface area (Å²) in [7, 11) is -1.40. The summed E-state index contributed by atoms with van der Waals surface area (Å²) in [6.45, 7) is 5.42. The highest BCUT2D eigenvalue weighted by atomic mass is 35.5. The minimum atomic E-state index is -1.40. The van der Waals surface area contributed by atoms with Crippen molar-refractivity contribution in [3.05, 3.63) is 27.7 Å². The molecule has 6 heteroatoms. The Morgan fingerprint density at radius 3 is 2.47 bits per heavy atom. The van der Waals surface area contributed by atoms with Crippen molar-refractivity contribution in [2.24, 2.45) is 4.40 Å². The van der Waals surface area contributed by atoms with Gasteiger partial charge in [0.15, 0.2) is 0 Å². The first-order valence-electron chi connectivity index (χ1n) is 4.86. The first-order chi connectivity index (χ1) is 7.73. The molecule has 17 heavy (non-hydrogen) atoms. The van der Waals surface area contributed by atoms with Crippen molar-refractivity contribution in [3.8, 4) is 5.75 Å². The summed E-state index contributed by atoms with van der Waals surface area (Å²) in [5.41, 5.74) is 0.275. The van der Waals surface area contributed by atoms with Crippen molar-refractivity contribution in [1.29, 1.82) is 0 Å². The molecular formula is C11H13Cl2NO2S. The van der Waals surface area contributed by atoms with Crippen molar-refractivity contribution in [2.75, 3.05) is 0 Å². The molecule has 0 saturated carbocycles. The number of nitrogens with zero attached hydrogens (tertiary/aromatic N) is 1. The SMILES string of the molecule is CC(C)(C)[S@@](=O)N=Cc1c(O)ccc(Cl)c1Cl. The van der Waals surface area contributed by atoms with E-state index in [2.05, 4.69) is 4.40 Å². The molecule has 1 rings (SSSR count). The molecule has 0 aromatic heterocycles. The summed E-state index contributed by atoms with van der Waals surface area (Å²) in [6, 6.07) is 2.90. The van der Waals surface area contributed by atoms with Gasteiger partial charge in [-0.2, -0.15) is 4.40 Å². The topological polar surface area (TPSA) is 49.7 Å². The number of hydrogen-bond donors (Lipinski definition) is 1. The zero-order valence-corrected chi connectivity index (χ0v) is 12.0. The van der Waals surface area contributed by atoms with Crippen LogP contribution in [0.3, 0.4) is 0 Å². The largest absolute Gasteiger partial charge is 0.507 e. The lowest BCUT2D eigenvalue weighted by Gasteiger charge is -2.13. The summed E-state index contributed by atoms with van der Waals surface area (Å²) in [5, 5.41) is 10.1. The molecular weight excluding hydrogens is 281 g/mol. The van der Waals surface area contributed by atoms with Crippen LogP contribution in [0.5, 0.6) is 5.75 Å². The third-order valence-electron chi connectivity index (χ3n) is 1.91. The van der Waals surface area contributed by atoms with Crippen LogP contribution in [0.15, 0.2) is 16.5 Å². The molecule has 94 valence electrons. The van der Waals surface area contributed by atoms with Gasteiger partial charge in [-0.3, -0.25) is 0 Å². The van der Waals surface area contributed by atoms with Gasteiger partial charge < -0.3 is 5.11 Å². The Bertz CT molecular complexity index is 481. The molecule has 0 aliphatic carbocycles. The van der Waals surface area contributed by atoms with Crippen LogP contribution in [0.25, 0.3) is 0 Å². The third kappa shape index (κ3) is 3.69. The van der Waals surface area contributed by atoms with E-state index in [0.29, 0.717) is 5.02 Å². The van der Waals surface area contributed by atoms with E-state index in [1.54, 1.807) is 20.8 Å². The van der Waals surface area contributed by atoms with Crippen molar-refractivity contribution < 1.29 is 9.32 Å². The number of phenolic OH excluding ortho intramolecular Hbond substituents is 1. The van der Waals surface area contributed by atoms with E-state index < -0.39 is 15.7 Å². The highest BCUT2D eigenvalue weighted by molar-refractivity contribution is 7.85. The van der Waals surface area contributed by atoms with Gasteiger partial charge >= 0.3 is 0 Å². The molecule has 1 atom stereocenters. The number of benzene rings is 1. The Labute approximate surface area is 113 Å². The minimum absolute atomic E-state index is 0.0472. The van der Waals surface area contributed by atoms with Gasteiger partial charge in [-0.25, -0.2) is 4.21 Å². The quantitative estimate of drug-likeness (QED) is 0.847. The van der Waals surface area contributed by atoms with Gasteiger partial charge in [0.1, 0.15) is 16.7 Å². The summed E-state index contributed by atoms with van der Waals surface area (Å²) < 4.78 is 15.1. The monoisotopic (exact) mass is 293 g/mol. The molecule has 0 unspecified atom stereocenters. The summed E-state index contributed by atoms with van der Waals surface area (Å²) in [4.78, 5) is 0. The predicted octanol–water partition coefficient (Wildman–Crippen LogP) is 3.58. The lowest BCUT2D eigenvalue weighted by atomic mass is 10.2. The van der Waals surface area contributed by atoms with Gasteiger partial charge in [0, 0.05) is 0 Å². The van der Waals surface area contributed by atoms with E-state index in [0.717, 1.165) is 0 Å². The van der Waals surface area contributed by atoms with Crippen LogP contribution < -0.4 is 0 Å². The van der Waals surface area contributed by atoms with E-state index in [1.807, 2.05) is 0 Å². The molecule has 0 aliphatic heterocycles. The average Bonchev–Trinajstić information content (AvgIpc) is 2.22. The molecule has 1 aromatic rings. The Morgan fingerprint density at radius 1 is 1.35 bits per heavy atom. The van der Waals surface area contributed by atoms with Crippen LogP contribution in [-0.2, 0) is 11.0 Å². The summed E-state index contributed by atoms with van der Waals surface area (Å²) >= 11 is 11.7. The Balaban J connectivity index is 3.08. The van der Waals surface area contributed by atoms with Crippen molar-refractivity contribution in [1.82, 2.24) is 0 Å². The van der Waals surface area contributed by atoms with Crippen LogP contribution in [0.2, 0.25) is 10.0 Å². The van der Waals surface area contributed by atoms with E-state index in [1.165, 1.54) is 18.3 Å². The smallest absolute Gasteiger partial charge is 0.144 e. The molecule has 0 amide bonds. The maximum atomic E-state index is 11.7. The number of phenols is 1. The molecule has 0 heterocycles. The van der Waals surface area contributed by atoms with Crippen molar-refractivity contribution >= 4 is 40.4 Å². The maximum Gasteiger partial charge on any atom is 0.144 e. The maximum absolute atomic E-state index is 11.7. The standard InChI is InChI=1S/C11H13Cl2NO2S/c1-11(2,3)17(16)14-6-7-9(15)5-4-8(12)10(7)13/h4-6,15H,1-3H3/t17-/m1/s1. The molecule has 3 nitrogen and oxygen atoms in total. The van der Waals surface area contributed by atoms with Gasteiger partial charge in [0.2, 0.25) is 0 Å².